The lowest BCUT2D eigenvalue weighted by Gasteiger charge is -2.31. The predicted octanol–water partition coefficient (Wildman–Crippen LogP) is 2.96. The molecule has 0 unspecified atom stereocenters. The molecule has 2 aromatic rings. The van der Waals surface area contributed by atoms with Crippen LogP contribution >= 0.6 is 0 Å². The van der Waals surface area contributed by atoms with Gasteiger partial charge in [0, 0.05) is 13.0 Å². The molecule has 4 rings (SSSR count). The molecular formula is C26H30N2O4. The van der Waals surface area contributed by atoms with Crippen LogP contribution in [-0.2, 0) is 20.9 Å². The number of nitrogens with one attached hydrogen (secondary N) is 2. The molecular weight excluding hydrogens is 404 g/mol. The summed E-state index contributed by atoms with van der Waals surface area (Å²) in [5.74, 6) is 0.362. The Labute approximate surface area is 188 Å². The van der Waals surface area contributed by atoms with Gasteiger partial charge in [-0.25, -0.2) is 0 Å². The third-order valence-corrected chi connectivity index (χ3v) is 5.90. The van der Waals surface area contributed by atoms with E-state index < -0.39 is 12.2 Å². The van der Waals surface area contributed by atoms with Crippen LogP contribution in [0.25, 0.3) is 11.1 Å². The highest BCUT2D eigenvalue weighted by molar-refractivity contribution is 5.78. The van der Waals surface area contributed by atoms with E-state index in [4.69, 9.17) is 4.74 Å². The van der Waals surface area contributed by atoms with Crippen molar-refractivity contribution in [2.75, 3.05) is 6.61 Å². The highest BCUT2D eigenvalue weighted by Gasteiger charge is 2.31. The van der Waals surface area contributed by atoms with E-state index in [0.29, 0.717) is 18.9 Å². The summed E-state index contributed by atoms with van der Waals surface area (Å²) in [5, 5.41) is 15.5. The second kappa shape index (κ2) is 10.6. The fourth-order valence-electron chi connectivity index (χ4n) is 3.87. The zero-order valence-electron chi connectivity index (χ0n) is 18.1. The molecule has 1 saturated carbocycles. The molecule has 2 aromatic carbocycles. The van der Waals surface area contributed by atoms with Gasteiger partial charge in [0.2, 0.25) is 11.8 Å². The molecule has 168 valence electrons. The Hall–Kier alpha value is -2.96. The van der Waals surface area contributed by atoms with Gasteiger partial charge < -0.3 is 20.5 Å². The molecule has 1 fully saturated rings. The van der Waals surface area contributed by atoms with Gasteiger partial charge in [-0.2, -0.15) is 0 Å². The van der Waals surface area contributed by atoms with Crippen LogP contribution in [0, 0.1) is 5.92 Å². The Morgan fingerprint density at radius 3 is 2.31 bits per heavy atom. The number of rotatable bonds is 9. The normalized spacial score (nSPS) is 22.3. The van der Waals surface area contributed by atoms with Crippen molar-refractivity contribution >= 4 is 11.8 Å². The van der Waals surface area contributed by atoms with Gasteiger partial charge in [0.25, 0.3) is 0 Å². The second-order valence-corrected chi connectivity index (χ2v) is 8.57. The molecule has 0 radical (unpaired) electrons. The lowest BCUT2D eigenvalue weighted by Crippen LogP contribution is -2.49. The molecule has 32 heavy (non-hydrogen) atoms. The van der Waals surface area contributed by atoms with E-state index in [2.05, 4.69) is 22.8 Å². The predicted molar refractivity (Wildman–Crippen MR) is 123 cm³/mol. The molecule has 3 N–H and O–H groups in total. The maximum absolute atomic E-state index is 12.4. The first kappa shape index (κ1) is 22.2. The van der Waals surface area contributed by atoms with Gasteiger partial charge >= 0.3 is 0 Å². The zero-order valence-corrected chi connectivity index (χ0v) is 18.1. The molecule has 0 spiro atoms. The van der Waals surface area contributed by atoms with Gasteiger partial charge in [-0.3, -0.25) is 9.59 Å². The van der Waals surface area contributed by atoms with Gasteiger partial charge in [0.15, 0.2) is 0 Å². The Balaban J connectivity index is 1.24. The Bertz CT molecular complexity index is 938. The minimum atomic E-state index is -0.550. The van der Waals surface area contributed by atoms with Crippen molar-refractivity contribution in [1.82, 2.24) is 10.6 Å². The van der Waals surface area contributed by atoms with Crippen molar-refractivity contribution in [2.24, 2.45) is 5.92 Å². The Morgan fingerprint density at radius 2 is 1.62 bits per heavy atom. The van der Waals surface area contributed by atoms with E-state index in [9.17, 15) is 14.7 Å². The molecule has 3 atom stereocenters. The average Bonchev–Trinajstić information content (AvgIpc) is 3.63. The third-order valence-electron chi connectivity index (χ3n) is 5.90. The van der Waals surface area contributed by atoms with Gasteiger partial charge in [0.05, 0.1) is 25.2 Å². The zero-order chi connectivity index (χ0) is 22.3. The van der Waals surface area contributed by atoms with Crippen LogP contribution in [0.3, 0.4) is 0 Å². The van der Waals surface area contributed by atoms with Crippen LogP contribution in [0.4, 0.5) is 0 Å². The SMILES string of the molecule is O=C(C[C@@H]1C=C[C@@H](NC(=O)CC2CC2)[C@@H](CO)O1)NCc1ccc(-c2ccccc2)cc1. The topological polar surface area (TPSA) is 87.7 Å². The van der Waals surface area contributed by atoms with E-state index in [-0.39, 0.29) is 30.9 Å². The molecule has 0 saturated heterocycles. The minimum absolute atomic E-state index is 0.0151. The fourth-order valence-corrected chi connectivity index (χ4v) is 3.87. The van der Waals surface area contributed by atoms with E-state index in [1.54, 1.807) is 6.08 Å². The monoisotopic (exact) mass is 434 g/mol. The van der Waals surface area contributed by atoms with Crippen LogP contribution in [0.2, 0.25) is 0 Å². The molecule has 1 aliphatic carbocycles. The van der Waals surface area contributed by atoms with Crippen molar-refractivity contribution < 1.29 is 19.4 Å². The number of hydrogen-bond acceptors (Lipinski definition) is 4. The molecule has 0 aromatic heterocycles. The number of aliphatic hydroxyl groups excluding tert-OH is 1. The quantitative estimate of drug-likeness (QED) is 0.530. The summed E-state index contributed by atoms with van der Waals surface area (Å²) in [6.45, 7) is 0.220. The van der Waals surface area contributed by atoms with Crippen LogP contribution in [0.15, 0.2) is 66.7 Å². The molecule has 1 aliphatic heterocycles. The van der Waals surface area contributed by atoms with Gasteiger partial charge in [0.1, 0.15) is 6.10 Å². The summed E-state index contributed by atoms with van der Waals surface area (Å²) < 4.78 is 5.84. The number of amides is 2. The third kappa shape index (κ3) is 6.28. The van der Waals surface area contributed by atoms with Crippen molar-refractivity contribution in [2.45, 2.75) is 50.5 Å². The standard InChI is InChI=1S/C26H30N2O4/c29-17-24-23(28-26(31)14-18-6-7-18)13-12-22(32-24)15-25(30)27-16-19-8-10-21(11-9-19)20-4-2-1-3-5-20/h1-5,8-13,18,22-24,29H,6-7,14-17H2,(H,27,30)(H,28,31)/t22-,23+,24+/m0/s1. The maximum Gasteiger partial charge on any atom is 0.223 e. The summed E-state index contributed by atoms with van der Waals surface area (Å²) >= 11 is 0. The summed E-state index contributed by atoms with van der Waals surface area (Å²) in [5.41, 5.74) is 3.31. The molecule has 2 amide bonds. The highest BCUT2D eigenvalue weighted by Crippen LogP contribution is 2.32. The van der Waals surface area contributed by atoms with Crippen LogP contribution in [0.5, 0.6) is 0 Å². The Morgan fingerprint density at radius 1 is 0.906 bits per heavy atom. The van der Waals surface area contributed by atoms with E-state index >= 15 is 0 Å². The molecule has 1 heterocycles. The minimum Gasteiger partial charge on any atom is -0.394 e. The maximum atomic E-state index is 12.4. The molecule has 2 aliphatic rings. The molecule has 0 bridgehead atoms. The molecule has 6 nitrogen and oxygen atoms in total. The summed E-state index contributed by atoms with van der Waals surface area (Å²) in [7, 11) is 0. The van der Waals surface area contributed by atoms with Crippen molar-refractivity contribution in [3.8, 4) is 11.1 Å². The fraction of sp³-hybridized carbons (Fsp3) is 0.385. The van der Waals surface area contributed by atoms with Gasteiger partial charge in [-0.1, -0.05) is 66.7 Å². The lowest BCUT2D eigenvalue weighted by molar-refractivity contribution is -0.128. The lowest BCUT2D eigenvalue weighted by atomic mass is 10.0. The highest BCUT2D eigenvalue weighted by atomic mass is 16.5. The second-order valence-electron chi connectivity index (χ2n) is 8.57. The van der Waals surface area contributed by atoms with Crippen LogP contribution in [0.1, 0.15) is 31.2 Å². The van der Waals surface area contributed by atoms with E-state index in [0.717, 1.165) is 29.5 Å². The number of hydrogen-bond donors (Lipinski definition) is 3. The summed E-state index contributed by atoms with van der Waals surface area (Å²) in [6, 6.07) is 17.9. The molecule has 6 heteroatoms. The number of carbonyl (C=O) groups excluding carboxylic acids is 2. The van der Waals surface area contributed by atoms with Gasteiger partial charge in [-0.15, -0.1) is 0 Å². The van der Waals surface area contributed by atoms with Crippen molar-refractivity contribution in [3.63, 3.8) is 0 Å². The summed E-state index contributed by atoms with van der Waals surface area (Å²) in [6.07, 6.45) is 5.57. The number of benzene rings is 2. The Kier molecular flexibility index (Phi) is 7.35. The van der Waals surface area contributed by atoms with E-state index in [1.807, 2.05) is 48.5 Å². The smallest absolute Gasteiger partial charge is 0.223 e. The van der Waals surface area contributed by atoms with Gasteiger partial charge in [-0.05, 0) is 35.4 Å². The largest absolute Gasteiger partial charge is 0.394 e. The average molecular weight is 435 g/mol. The van der Waals surface area contributed by atoms with Crippen molar-refractivity contribution in [1.29, 1.82) is 0 Å². The number of ether oxygens (including phenoxy) is 1. The first-order valence-electron chi connectivity index (χ1n) is 11.3. The first-order valence-corrected chi connectivity index (χ1v) is 11.3. The van der Waals surface area contributed by atoms with Crippen LogP contribution in [-0.4, -0.2) is 41.8 Å². The summed E-state index contributed by atoms with van der Waals surface area (Å²) in [4.78, 5) is 24.5. The first-order chi connectivity index (χ1) is 15.6. The number of aliphatic hydroxyl groups is 1. The van der Waals surface area contributed by atoms with Crippen molar-refractivity contribution in [3.05, 3.63) is 72.3 Å². The number of carbonyl (C=O) groups is 2. The van der Waals surface area contributed by atoms with E-state index in [1.165, 1.54) is 0 Å². The van der Waals surface area contributed by atoms with Crippen LogP contribution < -0.4 is 10.6 Å².